The highest BCUT2D eigenvalue weighted by atomic mass is 15.2. The van der Waals surface area contributed by atoms with Crippen molar-refractivity contribution in [2.24, 2.45) is 0 Å². The van der Waals surface area contributed by atoms with Crippen molar-refractivity contribution in [3.05, 3.63) is 36.5 Å². The first-order valence-corrected chi connectivity index (χ1v) is 8.73. The van der Waals surface area contributed by atoms with Crippen LogP contribution in [0.4, 0.5) is 17.5 Å². The van der Waals surface area contributed by atoms with Crippen molar-refractivity contribution in [3.8, 4) is 0 Å². The summed E-state index contributed by atoms with van der Waals surface area (Å²) >= 11 is 0. The van der Waals surface area contributed by atoms with Crippen molar-refractivity contribution >= 4 is 28.5 Å². The molecule has 1 fully saturated rings. The van der Waals surface area contributed by atoms with E-state index >= 15 is 0 Å². The summed E-state index contributed by atoms with van der Waals surface area (Å²) in [6.07, 6.45) is 7.31. The second kappa shape index (κ2) is 6.70. The van der Waals surface area contributed by atoms with Gasteiger partial charge in [-0.05, 0) is 25.0 Å². The van der Waals surface area contributed by atoms with Gasteiger partial charge in [-0.2, -0.15) is 0 Å². The van der Waals surface area contributed by atoms with Gasteiger partial charge in [0.1, 0.15) is 23.5 Å². The van der Waals surface area contributed by atoms with Crippen LogP contribution in [0.15, 0.2) is 30.9 Å². The first-order chi connectivity index (χ1) is 12.6. The van der Waals surface area contributed by atoms with Crippen LogP contribution in [0, 0.1) is 0 Å². The van der Waals surface area contributed by atoms with Gasteiger partial charge in [-0.1, -0.05) is 0 Å². The summed E-state index contributed by atoms with van der Waals surface area (Å²) in [7, 11) is 3.96. The maximum atomic E-state index is 5.96. The van der Waals surface area contributed by atoms with E-state index in [1.165, 1.54) is 6.33 Å². The predicted octanol–water partition coefficient (Wildman–Crippen LogP) is 1.85. The molecule has 0 spiro atoms. The number of piperidine rings is 1. The Morgan fingerprint density at radius 2 is 2.04 bits per heavy atom. The summed E-state index contributed by atoms with van der Waals surface area (Å²) < 4.78 is 0. The molecule has 0 radical (unpaired) electrons. The molecule has 3 aromatic heterocycles. The van der Waals surface area contributed by atoms with E-state index in [-0.39, 0.29) is 0 Å². The monoisotopic (exact) mass is 350 g/mol. The molecule has 0 aromatic carbocycles. The quantitative estimate of drug-likeness (QED) is 0.764. The summed E-state index contributed by atoms with van der Waals surface area (Å²) in [5.74, 6) is 2.53. The largest absolute Gasteiger partial charge is 0.382 e. The normalized spacial score (nSPS) is 17.5. The lowest BCUT2D eigenvalue weighted by Crippen LogP contribution is -2.35. The van der Waals surface area contributed by atoms with E-state index in [0.717, 1.165) is 48.8 Å². The molecule has 1 aliphatic heterocycles. The summed E-state index contributed by atoms with van der Waals surface area (Å²) in [5, 5.41) is 0. The minimum absolute atomic E-state index is 0.331. The first kappa shape index (κ1) is 16.4. The first-order valence-electron chi connectivity index (χ1n) is 8.73. The van der Waals surface area contributed by atoms with Crippen LogP contribution >= 0.6 is 0 Å². The van der Waals surface area contributed by atoms with Crippen molar-refractivity contribution in [3.63, 3.8) is 0 Å². The van der Waals surface area contributed by atoms with Gasteiger partial charge in [-0.15, -0.1) is 0 Å². The second-order valence-corrected chi connectivity index (χ2v) is 6.78. The zero-order chi connectivity index (χ0) is 18.1. The Labute approximate surface area is 152 Å². The number of nitrogens with zero attached hydrogens (tertiary/aromatic N) is 7. The molecule has 8 heteroatoms. The van der Waals surface area contributed by atoms with E-state index < -0.39 is 0 Å². The average Bonchev–Trinajstić information content (AvgIpc) is 2.68. The third-order valence-corrected chi connectivity index (χ3v) is 4.76. The highest BCUT2D eigenvalue weighted by molar-refractivity contribution is 5.84. The summed E-state index contributed by atoms with van der Waals surface area (Å²) in [5.41, 5.74) is 8.41. The molecule has 1 saturated heterocycles. The standard InChI is InChI=1S/C18H22N8/c1-25(2)16-9-20-8-14(23-16)12-4-3-7-26(10-12)15-6-5-13-17(24-15)18(19)22-11-21-13/h5-6,8-9,11-12H,3-4,7,10H2,1-2H3,(H2,19,21,22). The zero-order valence-electron chi connectivity index (χ0n) is 15.0. The van der Waals surface area contributed by atoms with Gasteiger partial charge in [0, 0.05) is 39.3 Å². The molecule has 4 heterocycles. The van der Waals surface area contributed by atoms with Crippen LogP contribution in [0.25, 0.3) is 11.0 Å². The lowest BCUT2D eigenvalue weighted by molar-refractivity contribution is 0.498. The average molecular weight is 350 g/mol. The molecule has 1 aliphatic rings. The van der Waals surface area contributed by atoms with Crippen LogP contribution in [-0.4, -0.2) is 52.1 Å². The van der Waals surface area contributed by atoms with Crippen molar-refractivity contribution in [1.29, 1.82) is 0 Å². The molecular formula is C18H22N8. The maximum Gasteiger partial charge on any atom is 0.153 e. The van der Waals surface area contributed by atoms with E-state index in [1.54, 1.807) is 6.20 Å². The molecule has 8 nitrogen and oxygen atoms in total. The Kier molecular flexibility index (Phi) is 4.24. The molecule has 0 saturated carbocycles. The number of hydrogen-bond acceptors (Lipinski definition) is 8. The Morgan fingerprint density at radius 3 is 2.88 bits per heavy atom. The molecule has 0 bridgehead atoms. The number of rotatable bonds is 3. The minimum Gasteiger partial charge on any atom is -0.382 e. The third-order valence-electron chi connectivity index (χ3n) is 4.76. The van der Waals surface area contributed by atoms with Crippen LogP contribution in [0.2, 0.25) is 0 Å². The molecular weight excluding hydrogens is 328 g/mol. The Balaban J connectivity index is 1.61. The van der Waals surface area contributed by atoms with Crippen LogP contribution in [-0.2, 0) is 0 Å². The molecule has 0 amide bonds. The highest BCUT2D eigenvalue weighted by Crippen LogP contribution is 2.29. The number of nitrogens with two attached hydrogens (primary N) is 1. The predicted molar refractivity (Wildman–Crippen MR) is 102 cm³/mol. The van der Waals surface area contributed by atoms with E-state index in [1.807, 2.05) is 37.3 Å². The molecule has 134 valence electrons. The Hall–Kier alpha value is -3.03. The number of anilines is 3. The molecule has 0 aliphatic carbocycles. The molecule has 26 heavy (non-hydrogen) atoms. The van der Waals surface area contributed by atoms with Crippen LogP contribution in [0.3, 0.4) is 0 Å². The van der Waals surface area contributed by atoms with Crippen molar-refractivity contribution in [1.82, 2.24) is 24.9 Å². The summed E-state index contributed by atoms with van der Waals surface area (Å²) in [6, 6.07) is 3.95. The SMILES string of the molecule is CN(C)c1cncc(C2CCCN(c3ccc4ncnc(N)c4n3)C2)n1. The lowest BCUT2D eigenvalue weighted by atomic mass is 9.95. The van der Waals surface area contributed by atoms with Gasteiger partial charge >= 0.3 is 0 Å². The van der Waals surface area contributed by atoms with Gasteiger partial charge in [0.05, 0.1) is 17.4 Å². The fraction of sp³-hybridized carbons (Fsp3) is 0.389. The molecule has 3 aromatic rings. The maximum absolute atomic E-state index is 5.96. The number of nitrogen functional groups attached to an aromatic ring is 1. The molecule has 1 unspecified atom stereocenters. The fourth-order valence-corrected chi connectivity index (χ4v) is 3.33. The lowest BCUT2D eigenvalue weighted by Gasteiger charge is -2.33. The second-order valence-electron chi connectivity index (χ2n) is 6.78. The van der Waals surface area contributed by atoms with E-state index in [4.69, 9.17) is 15.7 Å². The smallest absolute Gasteiger partial charge is 0.153 e. The number of aromatic nitrogens is 5. The van der Waals surface area contributed by atoms with Crippen LogP contribution in [0.1, 0.15) is 24.5 Å². The fourth-order valence-electron chi connectivity index (χ4n) is 3.33. The van der Waals surface area contributed by atoms with Gasteiger partial charge in [0.25, 0.3) is 0 Å². The topological polar surface area (TPSA) is 97.0 Å². The van der Waals surface area contributed by atoms with Gasteiger partial charge in [-0.3, -0.25) is 4.98 Å². The minimum atomic E-state index is 0.331. The van der Waals surface area contributed by atoms with Gasteiger partial charge in [-0.25, -0.2) is 19.9 Å². The van der Waals surface area contributed by atoms with Crippen LogP contribution in [0.5, 0.6) is 0 Å². The highest BCUT2D eigenvalue weighted by Gasteiger charge is 2.24. The third kappa shape index (κ3) is 3.10. The Morgan fingerprint density at radius 1 is 1.15 bits per heavy atom. The summed E-state index contributed by atoms with van der Waals surface area (Å²) in [4.78, 5) is 26.4. The van der Waals surface area contributed by atoms with E-state index in [0.29, 0.717) is 17.3 Å². The van der Waals surface area contributed by atoms with Gasteiger partial charge < -0.3 is 15.5 Å². The Bertz CT molecular complexity index is 926. The number of fused-ring (bicyclic) bond motifs is 1. The van der Waals surface area contributed by atoms with Crippen molar-refractivity contribution in [2.75, 3.05) is 42.7 Å². The van der Waals surface area contributed by atoms with Crippen molar-refractivity contribution < 1.29 is 0 Å². The summed E-state index contributed by atoms with van der Waals surface area (Å²) in [6.45, 7) is 1.82. The van der Waals surface area contributed by atoms with Crippen LogP contribution < -0.4 is 15.5 Å². The zero-order valence-corrected chi connectivity index (χ0v) is 15.0. The van der Waals surface area contributed by atoms with Gasteiger partial charge in [0.15, 0.2) is 5.82 Å². The van der Waals surface area contributed by atoms with E-state index in [2.05, 4.69) is 19.9 Å². The molecule has 1 atom stereocenters. The molecule has 2 N–H and O–H groups in total. The van der Waals surface area contributed by atoms with Gasteiger partial charge in [0.2, 0.25) is 0 Å². The number of pyridine rings is 1. The molecule has 4 rings (SSSR count). The van der Waals surface area contributed by atoms with E-state index in [9.17, 15) is 0 Å². The van der Waals surface area contributed by atoms with Crippen molar-refractivity contribution in [2.45, 2.75) is 18.8 Å². The number of hydrogen-bond donors (Lipinski definition) is 1.